The first-order valence-electron chi connectivity index (χ1n) is 13.9. The number of aliphatic carboxylic acids is 3. The Bertz CT molecular complexity index is 549. The summed E-state index contributed by atoms with van der Waals surface area (Å²) in [5, 5.41) is 29.3. The van der Waals surface area contributed by atoms with E-state index in [2.05, 4.69) is 19.1 Å². The van der Waals surface area contributed by atoms with Crippen molar-refractivity contribution < 1.29 is 34.2 Å². The highest BCUT2D eigenvalue weighted by molar-refractivity contribution is 5.72. The first-order chi connectivity index (χ1) is 16.8. The summed E-state index contributed by atoms with van der Waals surface area (Å²) in [6.07, 6.45) is 26.3. The Kier molecular flexibility index (Phi) is 21.3. The van der Waals surface area contributed by atoms with Crippen LogP contribution in [-0.2, 0) is 14.4 Å². The number of carbonyl (C=O) groups is 3. The van der Waals surface area contributed by atoms with Crippen LogP contribution < -0.4 is 5.11 Å². The van der Waals surface area contributed by atoms with Crippen molar-refractivity contribution in [3.05, 3.63) is 12.2 Å². The molecule has 0 saturated heterocycles. The first-order valence-corrected chi connectivity index (χ1v) is 13.9. The van der Waals surface area contributed by atoms with Crippen molar-refractivity contribution in [2.75, 3.05) is 26.2 Å². The summed E-state index contributed by atoms with van der Waals surface area (Å²) in [5.41, 5.74) is 0. The van der Waals surface area contributed by atoms with Crippen molar-refractivity contribution >= 4 is 17.9 Å². The van der Waals surface area contributed by atoms with Gasteiger partial charge in [0.25, 0.3) is 0 Å². The van der Waals surface area contributed by atoms with Gasteiger partial charge in [-0.25, -0.2) is 9.59 Å². The van der Waals surface area contributed by atoms with Gasteiger partial charge in [0.05, 0.1) is 12.5 Å². The van der Waals surface area contributed by atoms with E-state index in [1.807, 2.05) is 0 Å². The average Bonchev–Trinajstić information content (AvgIpc) is 2.76. The number of nitrogens with zero attached hydrogens (tertiary/aromatic N) is 1. The van der Waals surface area contributed by atoms with Crippen LogP contribution in [0.3, 0.4) is 0 Å². The predicted molar refractivity (Wildman–Crippen MR) is 138 cm³/mol. The highest BCUT2D eigenvalue weighted by Gasteiger charge is 2.33. The van der Waals surface area contributed by atoms with Crippen LogP contribution in [0.25, 0.3) is 0 Å². The van der Waals surface area contributed by atoms with Crippen LogP contribution in [-0.4, -0.2) is 58.8 Å². The third-order valence-electron chi connectivity index (χ3n) is 6.55. The maximum absolute atomic E-state index is 11.2. The Morgan fingerprint density at radius 1 is 0.600 bits per heavy atom. The van der Waals surface area contributed by atoms with E-state index in [-0.39, 0.29) is 6.54 Å². The number of unbranched alkanes of at least 4 members (excludes halogenated alkanes) is 16. The molecule has 0 saturated carbocycles. The number of quaternary nitrogens is 1. The number of carbonyl (C=O) groups excluding carboxylic acids is 1. The quantitative estimate of drug-likeness (QED) is 0.0949. The van der Waals surface area contributed by atoms with Crippen molar-refractivity contribution in [2.24, 2.45) is 0 Å². The highest BCUT2D eigenvalue weighted by Crippen LogP contribution is 2.14. The number of carboxylic acid groups (broad SMARTS) is 3. The summed E-state index contributed by atoms with van der Waals surface area (Å²) in [6.45, 7) is 0.838. The fourth-order valence-corrected chi connectivity index (χ4v) is 4.65. The van der Waals surface area contributed by atoms with Crippen LogP contribution in [0.1, 0.15) is 122 Å². The van der Waals surface area contributed by atoms with E-state index in [0.717, 1.165) is 38.5 Å². The van der Waals surface area contributed by atoms with Crippen molar-refractivity contribution in [1.82, 2.24) is 0 Å². The maximum Gasteiger partial charge on any atom is 0.359 e. The highest BCUT2D eigenvalue weighted by atomic mass is 16.4. The molecule has 0 radical (unpaired) electrons. The molecule has 0 aromatic heterocycles. The van der Waals surface area contributed by atoms with E-state index in [9.17, 15) is 19.5 Å². The molecule has 7 heteroatoms. The molecule has 0 fully saturated rings. The molecule has 0 aromatic carbocycles. The number of carboxylic acids is 3. The summed E-state index contributed by atoms with van der Waals surface area (Å²) in [4.78, 5) is 33.4. The average molecular weight is 498 g/mol. The molecule has 0 rings (SSSR count). The van der Waals surface area contributed by atoms with E-state index in [1.54, 1.807) is 0 Å². The Hall–Kier alpha value is -1.89. The lowest BCUT2D eigenvalue weighted by molar-refractivity contribution is -0.909. The summed E-state index contributed by atoms with van der Waals surface area (Å²) in [5.74, 6) is -3.82. The van der Waals surface area contributed by atoms with Gasteiger partial charge in [-0.2, -0.15) is 0 Å². The Morgan fingerprint density at radius 2 is 0.971 bits per heavy atom. The molecule has 0 atom stereocenters. The van der Waals surface area contributed by atoms with Gasteiger partial charge >= 0.3 is 11.9 Å². The number of allylic oxidation sites excluding steroid dienone is 2. The molecule has 0 unspecified atom stereocenters. The van der Waals surface area contributed by atoms with E-state index >= 15 is 0 Å². The van der Waals surface area contributed by atoms with Gasteiger partial charge in [0, 0.05) is 0 Å². The van der Waals surface area contributed by atoms with Gasteiger partial charge in [-0.05, 0) is 38.5 Å². The van der Waals surface area contributed by atoms with Crippen LogP contribution in [0.4, 0.5) is 0 Å². The van der Waals surface area contributed by atoms with Gasteiger partial charge in [0.1, 0.15) is 6.54 Å². The lowest BCUT2D eigenvalue weighted by Gasteiger charge is -2.36. The molecule has 0 amide bonds. The number of rotatable bonds is 26. The first kappa shape index (κ1) is 33.1. The van der Waals surface area contributed by atoms with E-state index < -0.39 is 42.0 Å². The number of hydrogen-bond donors (Lipinski definition) is 2. The van der Waals surface area contributed by atoms with Crippen LogP contribution in [0.15, 0.2) is 12.2 Å². The second kappa shape index (κ2) is 22.6. The van der Waals surface area contributed by atoms with Gasteiger partial charge in [0.15, 0.2) is 13.1 Å². The van der Waals surface area contributed by atoms with Crippen LogP contribution in [0.5, 0.6) is 0 Å². The van der Waals surface area contributed by atoms with Gasteiger partial charge in [-0.3, -0.25) is 0 Å². The molecule has 0 bridgehead atoms. The largest absolute Gasteiger partial charge is 0.544 e. The lowest BCUT2D eigenvalue weighted by atomic mass is 10.1. The zero-order chi connectivity index (χ0) is 26.2. The van der Waals surface area contributed by atoms with Crippen molar-refractivity contribution in [3.63, 3.8) is 0 Å². The van der Waals surface area contributed by atoms with Gasteiger partial charge in [-0.1, -0.05) is 96.1 Å². The van der Waals surface area contributed by atoms with Crippen molar-refractivity contribution in [3.8, 4) is 0 Å². The standard InChI is InChI=1S/C28H51NO6/c1-2-3-4-5-6-7-8-9-10-11-12-13-14-15-16-17-18-19-20-21-22-29(23-26(30)31,24-27(32)33)25-28(34)35/h13-14H,2-12,15-25H2,1H3,(H2-,30,31,32,33,34,35)/b14-13+. The third-order valence-corrected chi connectivity index (χ3v) is 6.55. The monoisotopic (exact) mass is 497 g/mol. The van der Waals surface area contributed by atoms with Gasteiger partial charge in [-0.15, -0.1) is 0 Å². The summed E-state index contributed by atoms with van der Waals surface area (Å²) in [7, 11) is 0. The van der Waals surface area contributed by atoms with Crippen LogP contribution >= 0.6 is 0 Å². The summed E-state index contributed by atoms with van der Waals surface area (Å²) < 4.78 is -0.503. The smallest absolute Gasteiger partial charge is 0.359 e. The molecule has 204 valence electrons. The van der Waals surface area contributed by atoms with Crippen molar-refractivity contribution in [2.45, 2.75) is 122 Å². The second-order valence-corrected chi connectivity index (χ2v) is 10.1. The van der Waals surface area contributed by atoms with Crippen LogP contribution in [0, 0.1) is 0 Å². The SMILES string of the molecule is CCCCCCCCCCCC/C=C/CCCCCCCC[N+](CC(=O)[O-])(CC(=O)O)CC(=O)O. The topological polar surface area (TPSA) is 115 Å². The zero-order valence-electron chi connectivity index (χ0n) is 22.2. The molecule has 0 heterocycles. The molecule has 7 nitrogen and oxygen atoms in total. The van der Waals surface area contributed by atoms with Gasteiger partial charge < -0.3 is 24.6 Å². The van der Waals surface area contributed by atoms with E-state index in [1.165, 1.54) is 70.6 Å². The molecule has 0 aromatic rings. The molecule has 0 aliphatic rings. The minimum atomic E-state index is -1.42. The summed E-state index contributed by atoms with van der Waals surface area (Å²) in [6, 6.07) is 0. The lowest BCUT2D eigenvalue weighted by Crippen LogP contribution is -2.59. The molecule has 2 N–H and O–H groups in total. The van der Waals surface area contributed by atoms with E-state index in [4.69, 9.17) is 10.2 Å². The fourth-order valence-electron chi connectivity index (χ4n) is 4.65. The minimum Gasteiger partial charge on any atom is -0.544 e. The number of hydrogen-bond acceptors (Lipinski definition) is 4. The van der Waals surface area contributed by atoms with Crippen LogP contribution in [0.2, 0.25) is 0 Å². The second-order valence-electron chi connectivity index (χ2n) is 10.1. The van der Waals surface area contributed by atoms with Crippen molar-refractivity contribution in [1.29, 1.82) is 0 Å². The van der Waals surface area contributed by atoms with Gasteiger partial charge in [0.2, 0.25) is 0 Å². The normalized spacial score (nSPS) is 11.8. The molecule has 0 spiro atoms. The molecule has 0 aliphatic heterocycles. The predicted octanol–water partition coefficient (Wildman–Crippen LogP) is 5.32. The maximum atomic E-state index is 11.2. The molecule has 35 heavy (non-hydrogen) atoms. The Balaban J connectivity index is 3.75. The Morgan fingerprint density at radius 3 is 1.34 bits per heavy atom. The fraction of sp³-hybridized carbons (Fsp3) is 0.821. The zero-order valence-corrected chi connectivity index (χ0v) is 22.2. The molecular formula is C28H51NO6. The molecular weight excluding hydrogens is 446 g/mol. The minimum absolute atomic E-state index is 0.217. The Labute approximate surface area is 213 Å². The van der Waals surface area contributed by atoms with E-state index in [0.29, 0.717) is 6.42 Å². The third kappa shape index (κ3) is 22.3. The molecule has 0 aliphatic carbocycles. The summed E-state index contributed by atoms with van der Waals surface area (Å²) >= 11 is 0.